The first-order chi connectivity index (χ1) is 10.7. The molecule has 23 heavy (non-hydrogen) atoms. The average Bonchev–Trinajstić information content (AvgIpc) is 2.43. The number of rotatable bonds is 4. The monoisotopic (exact) mass is 338 g/mol. The fourth-order valence-corrected chi connectivity index (χ4v) is 4.18. The third kappa shape index (κ3) is 4.54. The number of carbonyl (C=O) groups excluding carboxylic acids is 1. The van der Waals surface area contributed by atoms with Crippen molar-refractivity contribution in [2.75, 3.05) is 25.9 Å². The van der Waals surface area contributed by atoms with Gasteiger partial charge in [0.2, 0.25) is 10.0 Å². The largest absolute Gasteiger partial charge is 0.352 e. The molecule has 1 aliphatic heterocycles. The Morgan fingerprint density at radius 3 is 2.17 bits per heavy atom. The maximum atomic E-state index is 12.4. The minimum atomic E-state index is -3.09. The molecule has 6 heteroatoms. The highest BCUT2D eigenvalue weighted by Gasteiger charge is 2.25. The van der Waals surface area contributed by atoms with Crippen molar-refractivity contribution in [1.82, 2.24) is 9.62 Å². The van der Waals surface area contributed by atoms with Gasteiger partial charge in [0.25, 0.3) is 5.91 Å². The Labute approximate surface area is 139 Å². The summed E-state index contributed by atoms with van der Waals surface area (Å²) in [5, 5.41) is 3.02. The standard InChI is InChI=1S/C17H26N2O3S/c1-12-9-13(2)16(14(3)10-12)17(20)18-11-15-5-7-19(8-6-15)23(4,21)22/h9-10,15H,5-8,11H2,1-4H3,(H,18,20). The van der Waals surface area contributed by atoms with Crippen LogP contribution in [0.15, 0.2) is 12.1 Å². The van der Waals surface area contributed by atoms with Crippen molar-refractivity contribution in [2.24, 2.45) is 5.92 Å². The van der Waals surface area contributed by atoms with Crippen LogP contribution in [0.3, 0.4) is 0 Å². The molecule has 2 rings (SSSR count). The highest BCUT2D eigenvalue weighted by atomic mass is 32.2. The van der Waals surface area contributed by atoms with Crippen molar-refractivity contribution < 1.29 is 13.2 Å². The number of carbonyl (C=O) groups is 1. The van der Waals surface area contributed by atoms with Crippen LogP contribution < -0.4 is 5.32 Å². The summed E-state index contributed by atoms with van der Waals surface area (Å²) in [7, 11) is -3.09. The Bertz CT molecular complexity index is 667. The molecular formula is C17H26N2O3S. The van der Waals surface area contributed by atoms with Gasteiger partial charge in [0, 0.05) is 25.2 Å². The van der Waals surface area contributed by atoms with Crippen molar-refractivity contribution in [1.29, 1.82) is 0 Å². The second kappa shape index (κ2) is 7.01. The first kappa shape index (κ1) is 17.9. The number of aryl methyl sites for hydroxylation is 3. The molecule has 0 aromatic heterocycles. The summed E-state index contributed by atoms with van der Waals surface area (Å²) in [6.45, 7) is 7.63. The third-order valence-corrected chi connectivity index (χ3v) is 5.80. The van der Waals surface area contributed by atoms with Gasteiger partial charge in [0.1, 0.15) is 0 Å². The second-order valence-electron chi connectivity index (χ2n) is 6.59. The van der Waals surface area contributed by atoms with Gasteiger partial charge in [0.05, 0.1) is 6.26 Å². The van der Waals surface area contributed by atoms with Gasteiger partial charge in [-0.3, -0.25) is 4.79 Å². The molecule has 1 fully saturated rings. The zero-order chi connectivity index (χ0) is 17.2. The predicted molar refractivity (Wildman–Crippen MR) is 92.1 cm³/mol. The number of hydrogen-bond donors (Lipinski definition) is 1. The van der Waals surface area contributed by atoms with Crippen molar-refractivity contribution >= 4 is 15.9 Å². The Kier molecular flexibility index (Phi) is 5.47. The minimum Gasteiger partial charge on any atom is -0.352 e. The summed E-state index contributed by atoms with van der Waals surface area (Å²) in [6, 6.07) is 4.04. The van der Waals surface area contributed by atoms with E-state index in [2.05, 4.69) is 5.32 Å². The number of piperidine rings is 1. The molecule has 0 aliphatic carbocycles. The van der Waals surface area contributed by atoms with Crippen LogP contribution in [0.25, 0.3) is 0 Å². The molecule has 0 atom stereocenters. The van der Waals surface area contributed by atoms with Crippen LogP contribution in [0, 0.1) is 26.7 Å². The average molecular weight is 338 g/mol. The summed E-state index contributed by atoms with van der Waals surface area (Å²) >= 11 is 0. The molecule has 1 aliphatic rings. The van der Waals surface area contributed by atoms with Crippen LogP contribution in [0.2, 0.25) is 0 Å². The highest BCUT2D eigenvalue weighted by molar-refractivity contribution is 7.88. The van der Waals surface area contributed by atoms with Gasteiger partial charge >= 0.3 is 0 Å². The van der Waals surface area contributed by atoms with Gasteiger partial charge in [-0.05, 0) is 50.7 Å². The van der Waals surface area contributed by atoms with Crippen LogP contribution in [0.1, 0.15) is 39.9 Å². The van der Waals surface area contributed by atoms with E-state index >= 15 is 0 Å². The summed E-state index contributed by atoms with van der Waals surface area (Å²) in [5.74, 6) is 0.300. The number of sulfonamides is 1. The molecular weight excluding hydrogens is 312 g/mol. The third-order valence-electron chi connectivity index (χ3n) is 4.50. The lowest BCUT2D eigenvalue weighted by Crippen LogP contribution is -2.41. The molecule has 1 heterocycles. The summed E-state index contributed by atoms with van der Waals surface area (Å²) in [4.78, 5) is 12.4. The number of amides is 1. The fourth-order valence-electron chi connectivity index (χ4n) is 3.31. The van der Waals surface area contributed by atoms with E-state index in [1.165, 1.54) is 10.6 Å². The Balaban J connectivity index is 1.91. The van der Waals surface area contributed by atoms with E-state index < -0.39 is 10.0 Å². The molecule has 0 bridgehead atoms. The molecule has 0 spiro atoms. The number of benzene rings is 1. The smallest absolute Gasteiger partial charge is 0.251 e. The van der Waals surface area contributed by atoms with E-state index in [-0.39, 0.29) is 5.91 Å². The number of nitrogens with one attached hydrogen (secondary N) is 1. The molecule has 128 valence electrons. The van der Waals surface area contributed by atoms with Crippen LogP contribution in [0.4, 0.5) is 0 Å². The lowest BCUT2D eigenvalue weighted by molar-refractivity contribution is 0.0940. The summed E-state index contributed by atoms with van der Waals surface area (Å²) < 4.78 is 24.5. The van der Waals surface area contributed by atoms with Gasteiger partial charge in [-0.1, -0.05) is 17.7 Å². The topological polar surface area (TPSA) is 66.5 Å². The molecule has 1 N–H and O–H groups in total. The molecule has 1 amide bonds. The van der Waals surface area contributed by atoms with Gasteiger partial charge in [0.15, 0.2) is 0 Å². The van der Waals surface area contributed by atoms with Crippen LogP contribution >= 0.6 is 0 Å². The van der Waals surface area contributed by atoms with Crippen molar-refractivity contribution in [2.45, 2.75) is 33.6 Å². The van der Waals surface area contributed by atoms with Gasteiger partial charge in [-0.15, -0.1) is 0 Å². The second-order valence-corrected chi connectivity index (χ2v) is 8.57. The molecule has 0 radical (unpaired) electrons. The highest BCUT2D eigenvalue weighted by Crippen LogP contribution is 2.20. The van der Waals surface area contributed by atoms with Gasteiger partial charge in [-0.25, -0.2) is 12.7 Å². The van der Waals surface area contributed by atoms with Crippen molar-refractivity contribution in [3.8, 4) is 0 Å². The van der Waals surface area contributed by atoms with E-state index in [1.54, 1.807) is 0 Å². The molecule has 1 aromatic carbocycles. The maximum Gasteiger partial charge on any atom is 0.251 e. The lowest BCUT2D eigenvalue weighted by atomic mass is 9.96. The van der Waals surface area contributed by atoms with Crippen LogP contribution in [-0.2, 0) is 10.0 Å². The lowest BCUT2D eigenvalue weighted by Gasteiger charge is -2.30. The predicted octanol–water partition coefficient (Wildman–Crippen LogP) is 2.01. The van der Waals surface area contributed by atoms with E-state index in [0.29, 0.717) is 25.6 Å². The van der Waals surface area contributed by atoms with E-state index in [0.717, 1.165) is 35.1 Å². The Hall–Kier alpha value is -1.40. The zero-order valence-electron chi connectivity index (χ0n) is 14.3. The summed E-state index contributed by atoms with van der Waals surface area (Å²) in [5.41, 5.74) is 3.90. The van der Waals surface area contributed by atoms with Gasteiger partial charge < -0.3 is 5.32 Å². The van der Waals surface area contributed by atoms with E-state index in [9.17, 15) is 13.2 Å². The first-order valence-electron chi connectivity index (χ1n) is 7.99. The molecule has 5 nitrogen and oxygen atoms in total. The maximum absolute atomic E-state index is 12.4. The molecule has 1 aromatic rings. The van der Waals surface area contributed by atoms with E-state index in [1.807, 2.05) is 32.9 Å². The van der Waals surface area contributed by atoms with E-state index in [4.69, 9.17) is 0 Å². The summed E-state index contributed by atoms with van der Waals surface area (Å²) in [6.07, 6.45) is 2.83. The molecule has 0 saturated carbocycles. The molecule has 1 saturated heterocycles. The van der Waals surface area contributed by atoms with Crippen LogP contribution in [-0.4, -0.2) is 44.5 Å². The quantitative estimate of drug-likeness (QED) is 0.913. The zero-order valence-corrected chi connectivity index (χ0v) is 15.2. The van der Waals surface area contributed by atoms with Crippen LogP contribution in [0.5, 0.6) is 0 Å². The molecule has 0 unspecified atom stereocenters. The Morgan fingerprint density at radius 1 is 1.17 bits per heavy atom. The number of hydrogen-bond acceptors (Lipinski definition) is 3. The normalized spacial score (nSPS) is 17.2. The SMILES string of the molecule is Cc1cc(C)c(C(=O)NCC2CCN(S(C)(=O)=O)CC2)c(C)c1. The van der Waals surface area contributed by atoms with Gasteiger partial charge in [-0.2, -0.15) is 0 Å². The van der Waals surface area contributed by atoms with Crippen molar-refractivity contribution in [3.05, 3.63) is 34.4 Å². The Morgan fingerprint density at radius 2 is 1.70 bits per heavy atom. The first-order valence-corrected chi connectivity index (χ1v) is 9.84. The number of nitrogens with zero attached hydrogens (tertiary/aromatic N) is 1. The van der Waals surface area contributed by atoms with Crippen molar-refractivity contribution in [3.63, 3.8) is 0 Å². The fraction of sp³-hybridized carbons (Fsp3) is 0.588. The minimum absolute atomic E-state index is 0.0365.